The van der Waals surface area contributed by atoms with E-state index in [0.29, 0.717) is 6.54 Å². The van der Waals surface area contributed by atoms with Gasteiger partial charge in [-0.2, -0.15) is 4.57 Å². The van der Waals surface area contributed by atoms with Gasteiger partial charge in [0, 0.05) is 82.0 Å². The second-order valence-electron chi connectivity index (χ2n) is 8.52. The third-order valence-electron chi connectivity index (χ3n) is 5.76. The first-order valence-electron chi connectivity index (χ1n) is 11.2. The van der Waals surface area contributed by atoms with Crippen LogP contribution in [0.5, 0.6) is 0 Å². The van der Waals surface area contributed by atoms with Gasteiger partial charge in [0.1, 0.15) is 6.54 Å². The number of rotatable bonds is 11. The number of nitrogens with two attached hydrogens (primary N) is 1. The Morgan fingerprint density at radius 3 is 1.68 bits per heavy atom. The molecule has 0 saturated carbocycles. The summed E-state index contributed by atoms with van der Waals surface area (Å²) in [6, 6.07) is 15.9. The molecule has 3 aromatic rings. The van der Waals surface area contributed by atoms with Crippen molar-refractivity contribution in [1.82, 2.24) is 5.32 Å². The van der Waals surface area contributed by atoms with Crippen LogP contribution in [0.2, 0.25) is 0 Å². The van der Waals surface area contributed by atoms with Gasteiger partial charge < -0.3 is 58.1 Å². The molecule has 3 N–H and O–H groups in total. The van der Waals surface area contributed by atoms with E-state index in [1.807, 2.05) is 0 Å². The van der Waals surface area contributed by atoms with Crippen molar-refractivity contribution in [2.24, 2.45) is 5.73 Å². The molecule has 2 aromatic carbocycles. The van der Waals surface area contributed by atoms with Gasteiger partial charge in [0.05, 0.1) is 0 Å². The predicted molar refractivity (Wildman–Crippen MR) is 131 cm³/mol. The largest absolute Gasteiger partial charge is 2.00 e. The molecule has 0 radical (unpaired) electrons. The van der Waals surface area contributed by atoms with Crippen LogP contribution in [0.3, 0.4) is 0 Å². The van der Waals surface area contributed by atoms with Crippen LogP contribution in [-0.2, 0) is 27.6 Å². The van der Waals surface area contributed by atoms with E-state index in [4.69, 9.17) is 5.73 Å². The van der Waals surface area contributed by atoms with Crippen molar-refractivity contribution in [3.63, 3.8) is 0 Å². The third-order valence-corrected chi connectivity index (χ3v) is 5.76. The Bertz CT molecular complexity index is 920. The first-order valence-corrected chi connectivity index (χ1v) is 11.2. The Labute approximate surface area is 238 Å². The fourth-order valence-electron chi connectivity index (χ4n) is 3.97. The fourth-order valence-corrected chi connectivity index (χ4v) is 3.97. The molecule has 34 heavy (non-hydrogen) atoms. The molecule has 0 amide bonds. The summed E-state index contributed by atoms with van der Waals surface area (Å²) in [5.74, 6) is 0. The van der Waals surface area contributed by atoms with E-state index < -0.39 is 0 Å². The second-order valence-corrected chi connectivity index (χ2v) is 8.52. The molecule has 1 heterocycles. The van der Waals surface area contributed by atoms with Gasteiger partial charge in [0.15, 0.2) is 0 Å². The summed E-state index contributed by atoms with van der Waals surface area (Å²) in [4.78, 5) is 4.36. The zero-order chi connectivity index (χ0) is 21.5. The van der Waals surface area contributed by atoms with Gasteiger partial charge in [0.25, 0.3) is 0 Å². The van der Waals surface area contributed by atoms with E-state index in [0.717, 1.165) is 19.6 Å². The number of pyridine rings is 1. The molecular weight excluding hydrogens is 672 g/mol. The third kappa shape index (κ3) is 9.33. The monoisotopic (exact) mass is 708 g/mol. The molecule has 0 aliphatic carbocycles. The summed E-state index contributed by atoms with van der Waals surface area (Å²) in [7, 11) is 8.43. The van der Waals surface area contributed by atoms with Crippen LogP contribution in [0.4, 0.5) is 11.4 Å². The smallest absolute Gasteiger partial charge is 1.00 e. The summed E-state index contributed by atoms with van der Waals surface area (Å²) in [5, 5.41) is 5.99. The van der Waals surface area contributed by atoms with E-state index in [1.165, 1.54) is 58.9 Å². The van der Waals surface area contributed by atoms with Crippen LogP contribution in [0.1, 0.15) is 25.7 Å². The van der Waals surface area contributed by atoms with Crippen LogP contribution in [0.15, 0.2) is 42.5 Å². The molecule has 3 rings (SSSR count). The summed E-state index contributed by atoms with van der Waals surface area (Å²) < 4.78 is 2.53. The van der Waals surface area contributed by atoms with Gasteiger partial charge in [0.2, 0.25) is 11.0 Å². The molecule has 0 saturated heterocycles. The maximum Gasteiger partial charge on any atom is 2.00 e. The van der Waals surface area contributed by atoms with Crippen LogP contribution < -0.4 is 62.6 Å². The molecule has 1 aromatic heterocycles. The molecule has 9 heteroatoms. The summed E-state index contributed by atoms with van der Waals surface area (Å²) >= 11 is 0. The van der Waals surface area contributed by atoms with Gasteiger partial charge in [-0.05, 0) is 49.7 Å². The number of nitrogens with one attached hydrogen (secondary N) is 1. The fraction of sp³-hybridized carbons (Fsp3) is 0.480. The number of benzene rings is 2. The Balaban J connectivity index is 0. The maximum absolute atomic E-state index is 5.53. The van der Waals surface area contributed by atoms with Crippen molar-refractivity contribution in [3.05, 3.63) is 42.5 Å². The van der Waals surface area contributed by atoms with E-state index >= 15 is 0 Å². The van der Waals surface area contributed by atoms with Crippen molar-refractivity contribution < 1.29 is 62.9 Å². The van der Waals surface area contributed by atoms with Gasteiger partial charge >= 0.3 is 21.1 Å². The number of anilines is 2. The standard InChI is InChI=1S/C25H38N5.3ClH.Pt/c1-28(2)22-11-9-20-17-21-10-12-23(29(3)4)19-25(21)30(24(20)18-22)16-8-6-5-7-14-27-15-13-26;;;;/h9-12,17-19,27H,5-8,13-16,26H2,1-4H3;3*1H;/q+1;;;;+2/p-3. The van der Waals surface area contributed by atoms with E-state index in [2.05, 4.69) is 90.3 Å². The number of unbranched alkanes of at least 4 members (excludes halogenated alkanes) is 3. The van der Waals surface area contributed by atoms with Crippen LogP contribution in [0.25, 0.3) is 21.8 Å². The van der Waals surface area contributed by atoms with E-state index in [9.17, 15) is 0 Å². The summed E-state index contributed by atoms with van der Waals surface area (Å²) in [6.45, 7) is 3.74. The normalized spacial score (nSPS) is 10.0. The van der Waals surface area contributed by atoms with Gasteiger partial charge in [-0.25, -0.2) is 0 Å². The zero-order valence-electron chi connectivity index (χ0n) is 20.6. The van der Waals surface area contributed by atoms with Gasteiger partial charge in [-0.1, -0.05) is 6.42 Å². The van der Waals surface area contributed by atoms with Gasteiger partial charge in [-0.3, -0.25) is 0 Å². The number of hydrogen-bond acceptors (Lipinski definition) is 4. The number of hydrogen-bond donors (Lipinski definition) is 2. The van der Waals surface area contributed by atoms with Crippen LogP contribution in [0, 0.1) is 0 Å². The molecule has 0 bridgehead atoms. The SMILES string of the molecule is CN(C)c1ccc2cc3ccc(N(C)C)cc3[n+](CCCCCCNCCN)c2c1.[Cl-].[Cl-].[Cl-].[Pt+2]. The molecule has 0 fully saturated rings. The zero-order valence-corrected chi connectivity index (χ0v) is 25.1. The minimum Gasteiger partial charge on any atom is -1.00 e. The number of aryl methyl sites for hydroxylation is 1. The Morgan fingerprint density at radius 1 is 0.706 bits per heavy atom. The Kier molecular flexibility index (Phi) is 18.3. The molecular formula is C25H38Cl3N5Pt. The number of nitrogens with zero attached hydrogens (tertiary/aromatic N) is 3. The first kappa shape index (κ1) is 35.4. The molecule has 0 unspecified atom stereocenters. The molecule has 0 spiro atoms. The maximum atomic E-state index is 5.53. The minimum atomic E-state index is 0. The quantitative estimate of drug-likeness (QED) is 0.119. The molecule has 194 valence electrons. The molecule has 0 aliphatic rings. The number of fused-ring (bicyclic) bond motifs is 2. The van der Waals surface area contributed by atoms with Crippen molar-refractivity contribution in [1.29, 1.82) is 0 Å². The van der Waals surface area contributed by atoms with Crippen molar-refractivity contribution in [2.75, 3.05) is 57.6 Å². The van der Waals surface area contributed by atoms with Crippen molar-refractivity contribution in [2.45, 2.75) is 32.2 Å². The average molecular weight is 710 g/mol. The van der Waals surface area contributed by atoms with Gasteiger partial charge in [-0.15, -0.1) is 0 Å². The predicted octanol–water partition coefficient (Wildman–Crippen LogP) is -5.47. The first-order chi connectivity index (χ1) is 14.5. The topological polar surface area (TPSA) is 48.4 Å². The average Bonchev–Trinajstić information content (AvgIpc) is 2.74. The second kappa shape index (κ2) is 17.6. The Hall–Kier alpha value is -0.812. The summed E-state index contributed by atoms with van der Waals surface area (Å²) in [6.07, 6.45) is 4.91. The van der Waals surface area contributed by atoms with Crippen molar-refractivity contribution in [3.8, 4) is 0 Å². The molecule has 5 nitrogen and oxygen atoms in total. The van der Waals surface area contributed by atoms with Crippen LogP contribution >= 0.6 is 0 Å². The molecule has 0 atom stereocenters. The Morgan fingerprint density at radius 2 is 1.21 bits per heavy atom. The van der Waals surface area contributed by atoms with Crippen LogP contribution in [-0.4, -0.2) is 47.8 Å². The van der Waals surface area contributed by atoms with Crippen molar-refractivity contribution >= 4 is 33.2 Å². The van der Waals surface area contributed by atoms with E-state index in [-0.39, 0.29) is 58.3 Å². The minimum absolute atomic E-state index is 0. The number of aromatic nitrogens is 1. The summed E-state index contributed by atoms with van der Waals surface area (Å²) in [5.41, 5.74) is 10.6. The molecule has 0 aliphatic heterocycles. The van der Waals surface area contributed by atoms with E-state index in [1.54, 1.807) is 0 Å². The number of halogens is 3.